The van der Waals surface area contributed by atoms with Crippen molar-refractivity contribution in [2.24, 2.45) is 5.92 Å². The summed E-state index contributed by atoms with van der Waals surface area (Å²) in [6.07, 6.45) is -0.0556. The lowest BCUT2D eigenvalue weighted by Crippen LogP contribution is -2.37. The molecule has 0 aliphatic carbocycles. The van der Waals surface area contributed by atoms with Crippen LogP contribution in [-0.2, 0) is 6.54 Å². The second kappa shape index (κ2) is 6.89. The first-order chi connectivity index (χ1) is 13.1. The molecule has 142 valence electrons. The van der Waals surface area contributed by atoms with Crippen molar-refractivity contribution in [1.29, 1.82) is 0 Å². The zero-order chi connectivity index (χ0) is 19.1. The van der Waals surface area contributed by atoms with Crippen molar-refractivity contribution in [2.45, 2.75) is 32.6 Å². The lowest BCUT2D eigenvalue weighted by atomic mass is 10.0. The number of carbonyl (C=O) groups is 1. The van der Waals surface area contributed by atoms with Crippen molar-refractivity contribution >= 4 is 5.91 Å². The molecule has 0 saturated carbocycles. The van der Waals surface area contributed by atoms with Gasteiger partial charge in [0.05, 0.1) is 19.8 Å². The Bertz CT molecular complexity index is 850. The minimum absolute atomic E-state index is 0.0417. The van der Waals surface area contributed by atoms with Crippen LogP contribution >= 0.6 is 0 Å². The summed E-state index contributed by atoms with van der Waals surface area (Å²) < 4.78 is 11.0. The molecule has 2 aliphatic rings. The van der Waals surface area contributed by atoms with Gasteiger partial charge in [-0.05, 0) is 17.5 Å². The minimum Gasteiger partial charge on any atom is -0.493 e. The molecule has 0 radical (unpaired) electrons. The van der Waals surface area contributed by atoms with Gasteiger partial charge in [0, 0.05) is 24.7 Å². The highest BCUT2D eigenvalue weighted by atomic mass is 16.5. The number of rotatable bonds is 5. The zero-order valence-electron chi connectivity index (χ0n) is 16.3. The number of fused-ring (bicyclic) bond motifs is 3. The summed E-state index contributed by atoms with van der Waals surface area (Å²) in [7, 11) is 3.19. The largest absolute Gasteiger partial charge is 0.493 e. The molecule has 2 aromatic carbocycles. The lowest BCUT2D eigenvalue weighted by Gasteiger charge is -2.27. The van der Waals surface area contributed by atoms with Gasteiger partial charge in [-0.25, -0.2) is 0 Å². The van der Waals surface area contributed by atoms with Crippen LogP contribution in [0.15, 0.2) is 42.5 Å². The Balaban J connectivity index is 1.79. The Labute approximate surface area is 160 Å². The average molecular weight is 366 g/mol. The molecule has 0 bridgehead atoms. The van der Waals surface area contributed by atoms with Crippen LogP contribution in [-0.4, -0.2) is 42.5 Å². The van der Waals surface area contributed by atoms with Crippen molar-refractivity contribution in [3.8, 4) is 11.5 Å². The van der Waals surface area contributed by atoms with Gasteiger partial charge in [-0.15, -0.1) is 0 Å². The van der Waals surface area contributed by atoms with Crippen LogP contribution in [0.1, 0.15) is 41.5 Å². The third-order valence-corrected chi connectivity index (χ3v) is 5.69. The number of ether oxygens (including phenoxy) is 2. The van der Waals surface area contributed by atoms with Crippen LogP contribution in [0.2, 0.25) is 0 Å². The van der Waals surface area contributed by atoms with E-state index in [4.69, 9.17) is 9.47 Å². The lowest BCUT2D eigenvalue weighted by molar-refractivity contribution is 0.0602. The van der Waals surface area contributed by atoms with Crippen LogP contribution in [0.3, 0.4) is 0 Å². The predicted octanol–water partition coefficient (Wildman–Crippen LogP) is 3.70. The molecule has 4 rings (SSSR count). The molecule has 1 amide bonds. The van der Waals surface area contributed by atoms with Gasteiger partial charge >= 0.3 is 0 Å². The molecule has 1 fully saturated rings. The molecule has 0 N–H and O–H groups in total. The Hall–Kier alpha value is -2.53. The maximum Gasteiger partial charge on any atom is 0.260 e. The van der Waals surface area contributed by atoms with Gasteiger partial charge < -0.3 is 14.4 Å². The van der Waals surface area contributed by atoms with E-state index in [1.54, 1.807) is 14.2 Å². The topological polar surface area (TPSA) is 42.0 Å². The summed E-state index contributed by atoms with van der Waals surface area (Å²) in [5.41, 5.74) is 2.91. The maximum absolute atomic E-state index is 13.4. The molecule has 27 heavy (non-hydrogen) atoms. The molecular weight excluding hydrogens is 340 g/mol. The second-order valence-corrected chi connectivity index (χ2v) is 7.58. The Kier molecular flexibility index (Phi) is 4.56. The van der Waals surface area contributed by atoms with Crippen LogP contribution < -0.4 is 9.47 Å². The van der Waals surface area contributed by atoms with E-state index in [-0.39, 0.29) is 18.1 Å². The van der Waals surface area contributed by atoms with Crippen molar-refractivity contribution < 1.29 is 14.3 Å². The van der Waals surface area contributed by atoms with E-state index in [0.717, 1.165) is 18.7 Å². The predicted molar refractivity (Wildman–Crippen MR) is 104 cm³/mol. The number of amides is 1. The summed E-state index contributed by atoms with van der Waals surface area (Å²) in [5, 5.41) is 0. The fourth-order valence-corrected chi connectivity index (χ4v) is 4.40. The van der Waals surface area contributed by atoms with Gasteiger partial charge in [0.25, 0.3) is 5.91 Å². The first kappa shape index (κ1) is 17.9. The molecular formula is C22H26N2O3. The molecule has 0 spiro atoms. The van der Waals surface area contributed by atoms with Gasteiger partial charge in [-0.3, -0.25) is 9.69 Å². The standard InChI is InChI=1S/C22H26N2O3/c1-14(2)17-13-23(12-15-8-6-5-7-9-15)21-16-10-11-18(26-3)20(27-4)19(16)22(25)24(17)21/h5-11,14,17,21H,12-13H2,1-4H3. The van der Waals surface area contributed by atoms with Gasteiger partial charge in [-0.2, -0.15) is 0 Å². The third-order valence-electron chi connectivity index (χ3n) is 5.69. The van der Waals surface area contributed by atoms with Crippen molar-refractivity contribution in [3.63, 3.8) is 0 Å². The van der Waals surface area contributed by atoms with E-state index in [0.29, 0.717) is 23.0 Å². The number of nitrogens with zero attached hydrogens (tertiary/aromatic N) is 2. The summed E-state index contributed by atoms with van der Waals surface area (Å²) in [6.45, 7) is 6.05. The van der Waals surface area contributed by atoms with Gasteiger partial charge in [-0.1, -0.05) is 50.2 Å². The molecule has 2 unspecified atom stereocenters. The van der Waals surface area contributed by atoms with Gasteiger partial charge in [0.1, 0.15) is 6.17 Å². The van der Waals surface area contributed by atoms with E-state index in [2.05, 4.69) is 43.0 Å². The normalized spacial score (nSPS) is 21.5. The van der Waals surface area contributed by atoms with Crippen molar-refractivity contribution in [2.75, 3.05) is 20.8 Å². The molecule has 2 heterocycles. The molecule has 5 heteroatoms. The minimum atomic E-state index is -0.0556. The van der Waals surface area contributed by atoms with E-state index < -0.39 is 0 Å². The summed E-state index contributed by atoms with van der Waals surface area (Å²) in [5.74, 6) is 1.55. The SMILES string of the molecule is COc1ccc2c(c1OC)C(=O)N1C(C(C)C)CN(Cc3ccccc3)C21. The number of hydrogen-bond acceptors (Lipinski definition) is 4. The highest BCUT2D eigenvalue weighted by molar-refractivity contribution is 6.03. The molecule has 0 aromatic heterocycles. The monoisotopic (exact) mass is 366 g/mol. The molecule has 2 atom stereocenters. The van der Waals surface area contributed by atoms with E-state index in [9.17, 15) is 4.79 Å². The first-order valence-electron chi connectivity index (χ1n) is 9.42. The van der Waals surface area contributed by atoms with Crippen LogP contribution in [0, 0.1) is 5.92 Å². The van der Waals surface area contributed by atoms with Crippen LogP contribution in [0.5, 0.6) is 11.5 Å². The van der Waals surface area contributed by atoms with Crippen LogP contribution in [0.25, 0.3) is 0 Å². The smallest absolute Gasteiger partial charge is 0.260 e. The Morgan fingerprint density at radius 3 is 2.44 bits per heavy atom. The van der Waals surface area contributed by atoms with Gasteiger partial charge in [0.15, 0.2) is 11.5 Å². The number of benzene rings is 2. The van der Waals surface area contributed by atoms with Crippen molar-refractivity contribution in [1.82, 2.24) is 9.80 Å². The maximum atomic E-state index is 13.4. The fourth-order valence-electron chi connectivity index (χ4n) is 4.40. The van der Waals surface area contributed by atoms with E-state index in [1.165, 1.54) is 5.56 Å². The highest BCUT2D eigenvalue weighted by Gasteiger charge is 2.51. The third kappa shape index (κ3) is 2.77. The summed E-state index contributed by atoms with van der Waals surface area (Å²) in [4.78, 5) is 17.8. The quantitative estimate of drug-likeness (QED) is 0.809. The average Bonchev–Trinajstić information content (AvgIpc) is 3.19. The van der Waals surface area contributed by atoms with E-state index in [1.807, 2.05) is 23.1 Å². The summed E-state index contributed by atoms with van der Waals surface area (Å²) in [6, 6.07) is 14.5. The zero-order valence-corrected chi connectivity index (χ0v) is 16.3. The number of hydrogen-bond donors (Lipinski definition) is 0. The molecule has 2 aromatic rings. The summed E-state index contributed by atoms with van der Waals surface area (Å²) >= 11 is 0. The molecule has 2 aliphatic heterocycles. The Morgan fingerprint density at radius 1 is 1.07 bits per heavy atom. The van der Waals surface area contributed by atoms with E-state index >= 15 is 0 Å². The molecule has 5 nitrogen and oxygen atoms in total. The van der Waals surface area contributed by atoms with Crippen molar-refractivity contribution in [3.05, 3.63) is 59.2 Å². The second-order valence-electron chi connectivity index (χ2n) is 7.58. The van der Waals surface area contributed by atoms with Gasteiger partial charge in [0.2, 0.25) is 0 Å². The van der Waals surface area contributed by atoms with Crippen LogP contribution in [0.4, 0.5) is 0 Å². The highest BCUT2D eigenvalue weighted by Crippen LogP contribution is 2.49. The first-order valence-corrected chi connectivity index (χ1v) is 9.42. The molecule has 1 saturated heterocycles. The fraction of sp³-hybridized carbons (Fsp3) is 0.409. The number of methoxy groups -OCH3 is 2. The number of carbonyl (C=O) groups excluding carboxylic acids is 1. The Morgan fingerprint density at radius 2 is 1.81 bits per heavy atom.